The van der Waals surface area contributed by atoms with Gasteiger partial charge in [-0.3, -0.25) is 14.5 Å². The highest BCUT2D eigenvalue weighted by Gasteiger charge is 2.26. The molecule has 0 spiro atoms. The number of hydrogen-bond donors (Lipinski definition) is 2. The number of carboxylic acids is 1. The van der Waals surface area contributed by atoms with E-state index in [0.29, 0.717) is 26.1 Å². The van der Waals surface area contributed by atoms with Crippen LogP contribution in [0, 0.1) is 5.92 Å². The van der Waals surface area contributed by atoms with Crippen molar-refractivity contribution in [2.24, 2.45) is 5.92 Å². The highest BCUT2D eigenvalue weighted by molar-refractivity contribution is 5.78. The Morgan fingerprint density at radius 1 is 1.39 bits per heavy atom. The number of rotatable bonds is 7. The molecule has 126 valence electrons. The van der Waals surface area contributed by atoms with Gasteiger partial charge >= 0.3 is 5.97 Å². The van der Waals surface area contributed by atoms with Crippen molar-refractivity contribution in [3.8, 4) is 0 Å². The van der Waals surface area contributed by atoms with Gasteiger partial charge in [-0.15, -0.1) is 0 Å². The van der Waals surface area contributed by atoms with Gasteiger partial charge in [0.1, 0.15) is 0 Å². The van der Waals surface area contributed by atoms with E-state index in [1.807, 2.05) is 29.2 Å². The van der Waals surface area contributed by atoms with E-state index in [1.54, 1.807) is 7.11 Å². The van der Waals surface area contributed by atoms with Crippen molar-refractivity contribution in [1.82, 2.24) is 10.2 Å². The number of nitrogens with zero attached hydrogens (tertiary/aromatic N) is 1. The zero-order valence-corrected chi connectivity index (χ0v) is 13.5. The first-order valence-electron chi connectivity index (χ1n) is 7.87. The first-order chi connectivity index (χ1) is 11.1. The number of nitrogens with one attached hydrogen (secondary N) is 1. The monoisotopic (exact) mass is 320 g/mol. The minimum absolute atomic E-state index is 0.0758. The van der Waals surface area contributed by atoms with Gasteiger partial charge in [0, 0.05) is 20.2 Å². The summed E-state index contributed by atoms with van der Waals surface area (Å²) in [6.07, 6.45) is 1.52. The van der Waals surface area contributed by atoms with Crippen LogP contribution in [-0.4, -0.2) is 48.6 Å². The Morgan fingerprint density at radius 3 is 2.91 bits per heavy atom. The van der Waals surface area contributed by atoms with Crippen LogP contribution in [-0.2, 0) is 27.5 Å². The quantitative estimate of drug-likeness (QED) is 0.790. The minimum atomic E-state index is -0.773. The molecule has 0 radical (unpaired) electrons. The molecular weight excluding hydrogens is 296 g/mol. The minimum Gasteiger partial charge on any atom is -0.481 e. The van der Waals surface area contributed by atoms with E-state index in [4.69, 9.17) is 9.84 Å². The van der Waals surface area contributed by atoms with Crippen LogP contribution in [0.3, 0.4) is 0 Å². The Labute approximate surface area is 136 Å². The lowest BCUT2D eigenvalue weighted by atomic mass is 9.98. The number of amides is 1. The molecule has 6 nitrogen and oxygen atoms in total. The highest BCUT2D eigenvalue weighted by Crippen LogP contribution is 2.16. The molecule has 1 heterocycles. The molecule has 2 rings (SSSR count). The predicted molar refractivity (Wildman–Crippen MR) is 85.8 cm³/mol. The zero-order chi connectivity index (χ0) is 16.7. The number of ether oxygens (including phenoxy) is 1. The van der Waals surface area contributed by atoms with Crippen LogP contribution in [0.1, 0.15) is 24.0 Å². The normalized spacial score (nSPS) is 18.6. The fraction of sp³-hybridized carbons (Fsp3) is 0.529. The van der Waals surface area contributed by atoms with Gasteiger partial charge in [-0.1, -0.05) is 24.3 Å². The number of hydrogen-bond acceptors (Lipinski definition) is 4. The Hall–Kier alpha value is -1.92. The molecule has 1 aliphatic heterocycles. The summed E-state index contributed by atoms with van der Waals surface area (Å²) in [6.45, 7) is 2.49. The lowest BCUT2D eigenvalue weighted by Crippen LogP contribution is -2.44. The molecule has 1 aromatic rings. The second kappa shape index (κ2) is 8.64. The molecular formula is C17H24N2O4. The average molecular weight is 320 g/mol. The Bertz CT molecular complexity index is 547. The zero-order valence-electron chi connectivity index (χ0n) is 13.5. The molecule has 1 fully saturated rings. The van der Waals surface area contributed by atoms with Gasteiger partial charge in [0.05, 0.1) is 19.1 Å². The molecule has 0 saturated carbocycles. The number of piperidine rings is 1. The molecule has 1 aliphatic rings. The topological polar surface area (TPSA) is 78.9 Å². The van der Waals surface area contributed by atoms with Crippen molar-refractivity contribution in [2.45, 2.75) is 26.0 Å². The highest BCUT2D eigenvalue weighted by atomic mass is 16.5. The molecule has 23 heavy (non-hydrogen) atoms. The molecule has 1 unspecified atom stereocenters. The lowest BCUT2D eigenvalue weighted by Gasteiger charge is -2.29. The molecule has 1 atom stereocenters. The molecule has 0 bridgehead atoms. The maximum Gasteiger partial charge on any atom is 0.307 e. The van der Waals surface area contributed by atoms with Crippen molar-refractivity contribution < 1.29 is 19.4 Å². The predicted octanol–water partition coefficient (Wildman–Crippen LogP) is 1.25. The van der Waals surface area contributed by atoms with Crippen LogP contribution in [0.25, 0.3) is 0 Å². The second-order valence-corrected chi connectivity index (χ2v) is 5.94. The fourth-order valence-corrected chi connectivity index (χ4v) is 2.86. The molecule has 1 aromatic carbocycles. The maximum absolute atomic E-state index is 12.0. The van der Waals surface area contributed by atoms with Crippen molar-refractivity contribution in [1.29, 1.82) is 0 Å². The first-order valence-corrected chi connectivity index (χ1v) is 7.87. The van der Waals surface area contributed by atoms with E-state index >= 15 is 0 Å². The average Bonchev–Trinajstić information content (AvgIpc) is 2.54. The molecule has 2 N–H and O–H groups in total. The molecule has 0 aromatic heterocycles. The van der Waals surface area contributed by atoms with E-state index < -0.39 is 5.97 Å². The number of carboxylic acid groups (broad SMARTS) is 1. The van der Waals surface area contributed by atoms with Crippen LogP contribution < -0.4 is 5.32 Å². The maximum atomic E-state index is 12.0. The van der Waals surface area contributed by atoms with E-state index in [1.165, 1.54) is 0 Å². The van der Waals surface area contributed by atoms with Gasteiger partial charge in [-0.25, -0.2) is 0 Å². The van der Waals surface area contributed by atoms with Crippen molar-refractivity contribution >= 4 is 11.9 Å². The SMILES string of the molecule is COCc1cccc(CNC(=O)CN2CCCC(C(=O)O)C2)c1. The number of benzene rings is 1. The number of likely N-dealkylation sites (tertiary alicyclic amines) is 1. The van der Waals surface area contributed by atoms with Crippen LogP contribution in [0.5, 0.6) is 0 Å². The Kier molecular flexibility index (Phi) is 6.55. The Balaban J connectivity index is 1.78. The van der Waals surface area contributed by atoms with E-state index in [0.717, 1.165) is 24.1 Å². The standard InChI is InChI=1S/C17H24N2O4/c1-23-12-14-5-2-4-13(8-14)9-18-16(20)11-19-7-3-6-15(10-19)17(21)22/h2,4-5,8,15H,3,6-7,9-12H2,1H3,(H,18,20)(H,21,22). The van der Waals surface area contributed by atoms with Crippen molar-refractivity contribution in [3.05, 3.63) is 35.4 Å². The molecule has 1 saturated heterocycles. The first kappa shape index (κ1) is 17.4. The van der Waals surface area contributed by atoms with Crippen LogP contribution in [0.4, 0.5) is 0 Å². The van der Waals surface area contributed by atoms with E-state index in [9.17, 15) is 9.59 Å². The van der Waals surface area contributed by atoms with E-state index in [2.05, 4.69) is 5.32 Å². The molecule has 1 amide bonds. The van der Waals surface area contributed by atoms with Gasteiger partial charge in [-0.05, 0) is 30.5 Å². The van der Waals surface area contributed by atoms with Gasteiger partial charge in [0.2, 0.25) is 5.91 Å². The summed E-state index contributed by atoms with van der Waals surface area (Å²) in [6, 6.07) is 7.89. The third-order valence-electron chi connectivity index (χ3n) is 4.01. The Morgan fingerprint density at radius 2 is 2.17 bits per heavy atom. The number of aliphatic carboxylic acids is 1. The van der Waals surface area contributed by atoms with Gasteiger partial charge in [0.15, 0.2) is 0 Å². The summed E-state index contributed by atoms with van der Waals surface area (Å²) < 4.78 is 5.10. The summed E-state index contributed by atoms with van der Waals surface area (Å²) in [5.74, 6) is -1.21. The van der Waals surface area contributed by atoms with Crippen LogP contribution in [0.15, 0.2) is 24.3 Å². The third kappa shape index (κ3) is 5.65. The fourth-order valence-electron chi connectivity index (χ4n) is 2.86. The number of methoxy groups -OCH3 is 1. The smallest absolute Gasteiger partial charge is 0.307 e. The lowest BCUT2D eigenvalue weighted by molar-refractivity contribution is -0.144. The third-order valence-corrected chi connectivity index (χ3v) is 4.01. The summed E-state index contributed by atoms with van der Waals surface area (Å²) >= 11 is 0. The van der Waals surface area contributed by atoms with Crippen molar-refractivity contribution in [2.75, 3.05) is 26.7 Å². The van der Waals surface area contributed by atoms with E-state index in [-0.39, 0.29) is 18.4 Å². The molecule has 6 heteroatoms. The summed E-state index contributed by atoms with van der Waals surface area (Å²) in [5.41, 5.74) is 2.09. The second-order valence-electron chi connectivity index (χ2n) is 5.94. The molecule has 0 aliphatic carbocycles. The number of carbonyl (C=O) groups excluding carboxylic acids is 1. The van der Waals surface area contributed by atoms with Crippen LogP contribution in [0.2, 0.25) is 0 Å². The summed E-state index contributed by atoms with van der Waals surface area (Å²) in [4.78, 5) is 25.0. The van der Waals surface area contributed by atoms with Gasteiger partial charge < -0.3 is 15.2 Å². The summed E-state index contributed by atoms with van der Waals surface area (Å²) in [5, 5.41) is 12.0. The summed E-state index contributed by atoms with van der Waals surface area (Å²) in [7, 11) is 1.65. The number of carbonyl (C=O) groups is 2. The van der Waals surface area contributed by atoms with Gasteiger partial charge in [0.25, 0.3) is 0 Å². The van der Waals surface area contributed by atoms with Crippen molar-refractivity contribution in [3.63, 3.8) is 0 Å². The largest absolute Gasteiger partial charge is 0.481 e. The van der Waals surface area contributed by atoms with Gasteiger partial charge in [-0.2, -0.15) is 0 Å². The van der Waals surface area contributed by atoms with Crippen LogP contribution >= 0.6 is 0 Å².